The van der Waals surface area contributed by atoms with Crippen LogP contribution >= 0.6 is 79.6 Å². The summed E-state index contributed by atoms with van der Waals surface area (Å²) in [6, 6.07) is 41.0. The number of halogens is 5. The summed E-state index contributed by atoms with van der Waals surface area (Å²) in [7, 11) is 3.98. The third-order valence-corrected chi connectivity index (χ3v) is 27.5. The first kappa shape index (κ1) is 109. The van der Waals surface area contributed by atoms with Crippen molar-refractivity contribution in [3.63, 3.8) is 0 Å². The summed E-state index contributed by atoms with van der Waals surface area (Å²) in [5, 5.41) is 59.7. The first-order valence-corrected chi connectivity index (χ1v) is 51.3. The lowest BCUT2D eigenvalue weighted by Crippen LogP contribution is -2.45. The van der Waals surface area contributed by atoms with E-state index in [1.165, 1.54) is 0 Å². The van der Waals surface area contributed by atoms with Gasteiger partial charge in [0.05, 0.1) is 79.4 Å². The fourth-order valence-electron chi connectivity index (χ4n) is 18.2. The number of carbonyl (C=O) groups excluding carboxylic acids is 5. The van der Waals surface area contributed by atoms with E-state index in [1.807, 2.05) is 131 Å². The molecule has 5 N–H and O–H groups in total. The molecular formula is C104H141Br5N2O23+2. The molecule has 6 heterocycles. The van der Waals surface area contributed by atoms with Crippen LogP contribution in [0.3, 0.4) is 0 Å². The Labute approximate surface area is 833 Å². The van der Waals surface area contributed by atoms with E-state index in [2.05, 4.69) is 153 Å². The molecule has 134 heavy (non-hydrogen) atoms. The van der Waals surface area contributed by atoms with E-state index in [0.717, 1.165) is 44.5 Å². The largest absolute Gasteiger partial charge is 0.462 e. The van der Waals surface area contributed by atoms with Crippen LogP contribution in [0.25, 0.3) is 0 Å². The first-order chi connectivity index (χ1) is 63.0. The summed E-state index contributed by atoms with van der Waals surface area (Å²) in [6.45, 7) is 28.1. The number of pyridine rings is 2. The Morgan fingerprint density at radius 3 is 0.918 bits per heavy atom. The van der Waals surface area contributed by atoms with Gasteiger partial charge in [-0.3, -0.25) is 24.0 Å². The van der Waals surface area contributed by atoms with Gasteiger partial charge in [-0.1, -0.05) is 202 Å². The number of nitrogens with zero attached hydrogens (tertiary/aromatic N) is 2. The van der Waals surface area contributed by atoms with Crippen molar-refractivity contribution in [2.45, 2.75) is 394 Å². The van der Waals surface area contributed by atoms with E-state index < -0.39 is 174 Å². The monoisotopic (exact) mass is 2180 g/mol. The third-order valence-electron chi connectivity index (χ3n) is 25.9. The van der Waals surface area contributed by atoms with Crippen molar-refractivity contribution in [3.05, 3.63) is 202 Å². The van der Waals surface area contributed by atoms with Crippen LogP contribution in [0.4, 0.5) is 0 Å². The Bertz CT molecular complexity index is 4700. The number of aliphatic hydroxyl groups excluding tert-OH is 5. The third kappa shape index (κ3) is 30.7. The van der Waals surface area contributed by atoms with E-state index in [4.69, 9.17) is 61.6 Å². The molecule has 5 aliphatic rings. The molecule has 25 nitrogen and oxygen atoms in total. The Kier molecular flexibility index (Phi) is 38.8. The van der Waals surface area contributed by atoms with Crippen molar-refractivity contribution in [1.82, 2.24) is 0 Å². The van der Waals surface area contributed by atoms with Crippen LogP contribution in [-0.4, -0.2) is 187 Å². The zero-order valence-corrected chi connectivity index (χ0v) is 88.5. The number of aromatic nitrogens is 2. The van der Waals surface area contributed by atoms with E-state index in [0.29, 0.717) is 56.1 Å². The lowest BCUT2D eigenvalue weighted by molar-refractivity contribution is -0.671. The molecule has 2 aromatic heterocycles. The number of esters is 5. The van der Waals surface area contributed by atoms with Gasteiger partial charge >= 0.3 is 29.8 Å². The molecule has 738 valence electrons. The molecule has 6 aromatic rings. The molecule has 0 radical (unpaired) electrons. The highest BCUT2D eigenvalue weighted by Crippen LogP contribution is 2.67. The second-order valence-electron chi connectivity index (χ2n) is 40.1. The summed E-state index contributed by atoms with van der Waals surface area (Å²) in [6.07, 6.45) is -6.01. The van der Waals surface area contributed by atoms with Gasteiger partial charge in [0.1, 0.15) is 66.2 Å². The van der Waals surface area contributed by atoms with Gasteiger partial charge < -0.3 is 87.1 Å². The minimum atomic E-state index is -1.33. The van der Waals surface area contributed by atoms with E-state index in [9.17, 15) is 49.5 Å². The van der Waals surface area contributed by atoms with Crippen LogP contribution in [0.15, 0.2) is 146 Å². The molecule has 24 unspecified atom stereocenters. The fourth-order valence-corrected chi connectivity index (χ4v) is 18.7. The highest BCUT2D eigenvalue weighted by molar-refractivity contribution is 9.11. The number of hydrogen-bond donors (Lipinski definition) is 5. The van der Waals surface area contributed by atoms with Crippen LogP contribution in [0.2, 0.25) is 0 Å². The normalized spacial score (nSPS) is 26.7. The minimum Gasteiger partial charge on any atom is -0.462 e. The van der Waals surface area contributed by atoms with Crippen molar-refractivity contribution in [3.8, 4) is 0 Å². The fraction of sp³-hybridized carbons (Fsp3) is 0.625. The topological polar surface area (TPSA) is 314 Å². The number of benzene rings is 4. The number of hydrogen-bond acceptors (Lipinski definition) is 23. The lowest BCUT2D eigenvalue weighted by Gasteiger charge is -2.53. The van der Waals surface area contributed by atoms with Gasteiger partial charge in [0.15, 0.2) is 49.9 Å². The van der Waals surface area contributed by atoms with E-state index in [-0.39, 0.29) is 93.7 Å². The van der Waals surface area contributed by atoms with Crippen molar-refractivity contribution in [2.75, 3.05) is 0 Å². The molecule has 0 bridgehead atoms. The van der Waals surface area contributed by atoms with Gasteiger partial charge in [-0.25, -0.2) is 9.13 Å². The highest BCUT2D eigenvalue weighted by atomic mass is 79.9. The quantitative estimate of drug-likeness (QED) is 0.0103. The van der Waals surface area contributed by atoms with Gasteiger partial charge in [-0.2, -0.15) is 0 Å². The average molecular weight is 2190 g/mol. The van der Waals surface area contributed by atoms with E-state index in [1.54, 1.807) is 76.2 Å². The first-order valence-electron chi connectivity index (χ1n) is 47.3. The van der Waals surface area contributed by atoms with Gasteiger partial charge in [-0.15, -0.1) is 0 Å². The molecule has 4 saturated heterocycles. The summed E-state index contributed by atoms with van der Waals surface area (Å²) in [5.41, 5.74) is 9.35. The summed E-state index contributed by atoms with van der Waals surface area (Å²) in [5.74, 6) is -3.20. The summed E-state index contributed by atoms with van der Waals surface area (Å²) >= 11 is 17.3. The Morgan fingerprint density at radius 2 is 0.590 bits per heavy atom. The lowest BCUT2D eigenvalue weighted by atomic mass is 9.49. The average Bonchev–Trinajstić information content (AvgIpc) is 0.711. The standard InChI is InChI=1S/C104H141Br5N2O23/c1-19-79(113)85(133-98(120)103(13,14)108)57-77-53-76(55-81(115)84(132-97(119)102(11,12)107)23-21-22-71-50-72(48-61(5)112)124-91(123-71)67-28-24-59(3)25-29-67)128-94(129-77)70-38-34-64(35-39-70)88-89(65-40-44-110(17)45-41-65)87(90(88)66-42-46-111(18)47-43-66)63-32-36-69(37-33-63)93-127-75(54-80(114)83(20-2)131-96(118)101(9,10)106)52-78(130-93)58-86(134-99(121)104(15,16)109)82(116)56-74-51-73(49-62(6)122-95(117)100(7,8)105)125-92(126-74)68-30-26-60(4)27-31-68/h24-47,61-62,71-94,112-116H,19-23,48-58H2,1-18H3/q+2. The van der Waals surface area contributed by atoms with Crippen LogP contribution in [-0.2, 0) is 99.6 Å². The molecule has 24 atom stereocenters. The maximum atomic E-state index is 14.2. The zero-order chi connectivity index (χ0) is 97.8. The molecule has 4 aromatic carbocycles. The number of ether oxygens (including phenoxy) is 13. The summed E-state index contributed by atoms with van der Waals surface area (Å²) < 4.78 is 83.6. The molecule has 4 aliphatic heterocycles. The van der Waals surface area contributed by atoms with Crippen LogP contribution in [0.5, 0.6) is 0 Å². The molecule has 0 spiro atoms. The number of aryl methyl sites for hydroxylation is 4. The predicted molar refractivity (Wildman–Crippen MR) is 522 cm³/mol. The second kappa shape index (κ2) is 47.8. The van der Waals surface area contributed by atoms with Gasteiger partial charge in [0, 0.05) is 111 Å². The molecule has 30 heteroatoms. The van der Waals surface area contributed by atoms with Gasteiger partial charge in [0.2, 0.25) is 0 Å². The second-order valence-corrected chi connectivity index (χ2v) is 50.0. The van der Waals surface area contributed by atoms with Crippen LogP contribution < -0.4 is 9.13 Å². The summed E-state index contributed by atoms with van der Waals surface area (Å²) in [4.78, 5) is 68.4. The number of aliphatic hydroxyl groups is 5. The smallest absolute Gasteiger partial charge is 0.322 e. The SMILES string of the molecule is CCC(O)C(CC1CC(CC(O)C(CCCC2CC(CC(C)O)OC(c3ccc(C)cc3)O2)OC(=O)C(C)(C)Br)OC(c2ccc(C3C(c4cc[n+](C)cc4)C(c4ccc(C5OC(CC(O)C(CC)OC(=O)C(C)(C)Br)CC(CC(OC(=O)C(C)(C)Br)C(O)CC6CC(CC(C)OC(=O)C(C)(C)Br)OC(c7ccc(C)cc7)O6)O5)cc4)C3c3cc[n+](C)cc3)cc2)O1)OC(=O)C(C)(C)Br. The maximum absolute atomic E-state index is 14.2. The minimum absolute atomic E-state index is 0.000512. The highest BCUT2D eigenvalue weighted by Gasteiger charge is 2.54. The number of rotatable bonds is 42. The van der Waals surface area contributed by atoms with Crippen molar-refractivity contribution >= 4 is 109 Å². The molecule has 11 rings (SSSR count). The Hall–Kier alpha value is -5.59. The molecular weight excluding hydrogens is 2040 g/mol. The Balaban J connectivity index is 0.893. The number of carbonyl (C=O) groups is 5. The van der Waals surface area contributed by atoms with Crippen LogP contribution in [0.1, 0.15) is 304 Å². The Morgan fingerprint density at radius 1 is 0.336 bits per heavy atom. The molecule has 0 amide bonds. The van der Waals surface area contributed by atoms with Crippen LogP contribution in [0, 0.1) is 13.8 Å². The van der Waals surface area contributed by atoms with Crippen molar-refractivity contribution in [1.29, 1.82) is 0 Å². The van der Waals surface area contributed by atoms with Gasteiger partial charge in [-0.05, 0) is 181 Å². The molecule has 5 fully saturated rings. The predicted octanol–water partition coefficient (Wildman–Crippen LogP) is 18.5. The maximum Gasteiger partial charge on any atom is 0.322 e. The number of alkyl halides is 5. The van der Waals surface area contributed by atoms with Crippen molar-refractivity contribution in [2.24, 2.45) is 14.1 Å². The van der Waals surface area contributed by atoms with E-state index >= 15 is 0 Å². The molecule has 1 aliphatic carbocycles. The van der Waals surface area contributed by atoms with Gasteiger partial charge in [0.25, 0.3) is 0 Å². The zero-order valence-electron chi connectivity index (χ0n) is 80.6. The molecule has 1 saturated carbocycles. The van der Waals surface area contributed by atoms with Crippen molar-refractivity contribution < 1.29 is 120 Å².